The Balaban J connectivity index is 1.33. The third kappa shape index (κ3) is 5.29. The van der Waals surface area contributed by atoms with E-state index in [2.05, 4.69) is 17.2 Å². The van der Waals surface area contributed by atoms with Crippen molar-refractivity contribution in [3.05, 3.63) is 36.5 Å². The Kier molecular flexibility index (Phi) is 7.90. The van der Waals surface area contributed by atoms with Gasteiger partial charge in [-0.1, -0.05) is 45.1 Å². The molecule has 2 amide bonds. The van der Waals surface area contributed by atoms with Gasteiger partial charge in [0.2, 0.25) is 11.8 Å². The van der Waals surface area contributed by atoms with E-state index in [4.69, 9.17) is 5.73 Å². The lowest BCUT2D eigenvalue weighted by atomic mass is 9.76. The molecule has 0 radical (unpaired) electrons. The third-order valence-electron chi connectivity index (χ3n) is 9.32. The van der Waals surface area contributed by atoms with Crippen LogP contribution in [0.25, 0.3) is 10.9 Å². The molecule has 0 bridgehead atoms. The number of nitrogens with zero attached hydrogens (tertiary/aromatic N) is 2. The molecule has 2 aliphatic carbocycles. The van der Waals surface area contributed by atoms with Gasteiger partial charge in [0.15, 0.2) is 0 Å². The van der Waals surface area contributed by atoms with Crippen LogP contribution in [0, 0.1) is 23.7 Å². The molecule has 2 aromatic rings. The summed E-state index contributed by atoms with van der Waals surface area (Å²) in [5.41, 5.74) is 7.99. The maximum atomic E-state index is 13.8. The van der Waals surface area contributed by atoms with Gasteiger partial charge in [0, 0.05) is 35.8 Å². The van der Waals surface area contributed by atoms with E-state index in [9.17, 15) is 9.59 Å². The molecule has 2 saturated carbocycles. The maximum absolute atomic E-state index is 13.8. The fraction of sp³-hybridized carbons (Fsp3) is 0.633. The highest BCUT2D eigenvalue weighted by molar-refractivity contribution is 5.99. The molecule has 3 atom stereocenters. The van der Waals surface area contributed by atoms with Crippen molar-refractivity contribution in [1.29, 1.82) is 0 Å². The number of hydrogen-bond donors (Lipinski definition) is 2. The highest BCUT2D eigenvalue weighted by Crippen LogP contribution is 2.41. The number of fused-ring (bicyclic) bond motifs is 1. The van der Waals surface area contributed by atoms with Crippen LogP contribution in [0.4, 0.5) is 5.69 Å². The van der Waals surface area contributed by atoms with Gasteiger partial charge < -0.3 is 16.0 Å². The molecule has 2 heterocycles. The lowest BCUT2D eigenvalue weighted by Crippen LogP contribution is -2.50. The first-order valence-corrected chi connectivity index (χ1v) is 14.3. The maximum Gasteiger partial charge on any atom is 0.247 e. The Hall–Kier alpha value is -2.47. The predicted molar refractivity (Wildman–Crippen MR) is 144 cm³/mol. The second-order valence-corrected chi connectivity index (χ2v) is 11.4. The van der Waals surface area contributed by atoms with E-state index in [0.717, 1.165) is 55.1 Å². The number of hydrogen-bond acceptors (Lipinski definition) is 4. The van der Waals surface area contributed by atoms with E-state index in [1.807, 2.05) is 35.2 Å². The van der Waals surface area contributed by atoms with E-state index in [1.165, 1.54) is 32.1 Å². The fourth-order valence-electron chi connectivity index (χ4n) is 7.19. The monoisotopic (exact) mass is 490 g/mol. The lowest BCUT2D eigenvalue weighted by molar-refractivity contribution is -0.142. The third-order valence-corrected chi connectivity index (χ3v) is 9.32. The van der Waals surface area contributed by atoms with E-state index in [-0.39, 0.29) is 35.7 Å². The normalized spacial score (nSPS) is 28.2. The summed E-state index contributed by atoms with van der Waals surface area (Å²) < 4.78 is 0. The van der Waals surface area contributed by atoms with E-state index >= 15 is 0 Å². The van der Waals surface area contributed by atoms with Crippen molar-refractivity contribution in [2.75, 3.05) is 11.9 Å². The van der Waals surface area contributed by atoms with Crippen LogP contribution < -0.4 is 11.1 Å². The first-order chi connectivity index (χ1) is 17.5. The molecule has 1 aliphatic heterocycles. The molecular weight excluding hydrogens is 448 g/mol. The molecule has 5 rings (SSSR count). The Bertz CT molecular complexity index is 1060. The van der Waals surface area contributed by atoms with Crippen molar-refractivity contribution in [3.63, 3.8) is 0 Å². The number of carbonyl (C=O) groups is 2. The summed E-state index contributed by atoms with van der Waals surface area (Å²) in [4.78, 5) is 34.0. The van der Waals surface area contributed by atoms with Crippen LogP contribution in [-0.4, -0.2) is 40.3 Å². The first kappa shape index (κ1) is 25.2. The van der Waals surface area contributed by atoms with Crippen LogP contribution in [0.1, 0.15) is 77.6 Å². The van der Waals surface area contributed by atoms with Crippen molar-refractivity contribution < 1.29 is 9.59 Å². The summed E-state index contributed by atoms with van der Waals surface area (Å²) in [7, 11) is 0. The van der Waals surface area contributed by atoms with Crippen LogP contribution in [0.15, 0.2) is 36.5 Å². The molecule has 1 saturated heterocycles. The average Bonchev–Trinajstić information content (AvgIpc) is 3.38. The number of benzene rings is 1. The Labute approximate surface area is 215 Å². The lowest BCUT2D eigenvalue weighted by Gasteiger charge is -2.37. The molecule has 2 unspecified atom stereocenters. The molecule has 1 aromatic carbocycles. The Morgan fingerprint density at radius 2 is 1.83 bits per heavy atom. The summed E-state index contributed by atoms with van der Waals surface area (Å²) in [6, 6.07) is 9.62. The van der Waals surface area contributed by atoms with Crippen LogP contribution in [0.2, 0.25) is 0 Å². The van der Waals surface area contributed by atoms with Gasteiger partial charge in [0.05, 0.1) is 5.52 Å². The molecule has 0 spiro atoms. The number of aromatic nitrogens is 1. The van der Waals surface area contributed by atoms with Crippen molar-refractivity contribution in [2.24, 2.45) is 29.4 Å². The molecule has 3 N–H and O–H groups in total. The number of nitrogens with two attached hydrogens (primary N) is 1. The highest BCUT2D eigenvalue weighted by atomic mass is 16.2. The highest BCUT2D eigenvalue weighted by Gasteiger charge is 2.46. The zero-order valence-corrected chi connectivity index (χ0v) is 21.7. The molecule has 1 aromatic heterocycles. The van der Waals surface area contributed by atoms with Crippen molar-refractivity contribution >= 4 is 28.4 Å². The molecular formula is C30H42N4O2. The minimum Gasteiger partial charge on any atom is -0.330 e. The van der Waals surface area contributed by atoms with Crippen molar-refractivity contribution in [2.45, 2.75) is 89.6 Å². The Morgan fingerprint density at radius 3 is 2.58 bits per heavy atom. The number of nitrogens with one attached hydrogen (secondary N) is 1. The van der Waals surface area contributed by atoms with Gasteiger partial charge >= 0.3 is 0 Å². The van der Waals surface area contributed by atoms with Crippen LogP contribution >= 0.6 is 0 Å². The summed E-state index contributed by atoms with van der Waals surface area (Å²) in [6.07, 6.45) is 13.7. The minimum atomic E-state index is -0.374. The SMILES string of the molecule is CCC(N)[C@H]1CC[C@H](C(=O)N2CCC(C3CCCCC3)[C@H]2C(=O)Nc2ccc3ncccc3c2)CC1. The Morgan fingerprint density at radius 1 is 1.06 bits per heavy atom. The number of amides is 2. The van der Waals surface area contributed by atoms with Crippen LogP contribution in [0.5, 0.6) is 0 Å². The van der Waals surface area contributed by atoms with E-state index < -0.39 is 0 Å². The van der Waals surface area contributed by atoms with E-state index in [1.54, 1.807) is 6.20 Å². The van der Waals surface area contributed by atoms with Gasteiger partial charge in [-0.3, -0.25) is 14.6 Å². The summed E-state index contributed by atoms with van der Waals surface area (Å²) in [5, 5.41) is 4.19. The number of anilines is 1. The summed E-state index contributed by atoms with van der Waals surface area (Å²) in [5.74, 6) is 1.50. The smallest absolute Gasteiger partial charge is 0.247 e. The minimum absolute atomic E-state index is 0.0254. The second kappa shape index (κ2) is 11.3. The molecule has 6 heteroatoms. The van der Waals surface area contributed by atoms with E-state index in [0.29, 0.717) is 18.4 Å². The van der Waals surface area contributed by atoms with Crippen molar-refractivity contribution in [3.8, 4) is 0 Å². The zero-order valence-electron chi connectivity index (χ0n) is 21.7. The molecule has 6 nitrogen and oxygen atoms in total. The van der Waals surface area contributed by atoms with Gasteiger partial charge in [0.25, 0.3) is 0 Å². The van der Waals surface area contributed by atoms with Crippen LogP contribution in [-0.2, 0) is 9.59 Å². The first-order valence-electron chi connectivity index (χ1n) is 14.3. The van der Waals surface area contributed by atoms with Gasteiger partial charge in [0.1, 0.15) is 6.04 Å². The number of likely N-dealkylation sites (tertiary alicyclic amines) is 1. The zero-order chi connectivity index (χ0) is 25.1. The predicted octanol–water partition coefficient (Wildman–Crippen LogP) is 5.51. The van der Waals surface area contributed by atoms with Gasteiger partial charge in [-0.2, -0.15) is 0 Å². The van der Waals surface area contributed by atoms with Gasteiger partial charge in [-0.15, -0.1) is 0 Å². The fourth-order valence-corrected chi connectivity index (χ4v) is 7.19. The number of pyridine rings is 1. The van der Waals surface area contributed by atoms with Gasteiger partial charge in [-0.25, -0.2) is 0 Å². The quantitative estimate of drug-likeness (QED) is 0.558. The largest absolute Gasteiger partial charge is 0.330 e. The van der Waals surface area contributed by atoms with Crippen molar-refractivity contribution in [1.82, 2.24) is 9.88 Å². The molecule has 3 aliphatic rings. The molecule has 3 fully saturated rings. The second-order valence-electron chi connectivity index (χ2n) is 11.4. The number of carbonyl (C=O) groups excluding carboxylic acids is 2. The number of rotatable bonds is 6. The van der Waals surface area contributed by atoms with Crippen LogP contribution in [0.3, 0.4) is 0 Å². The standard InChI is InChI=1S/C30H42N4O2/c1-2-26(31)21-10-12-22(13-11-21)30(36)34-18-16-25(20-7-4-3-5-8-20)28(34)29(35)33-24-14-15-27-23(19-24)9-6-17-32-27/h6,9,14-15,17,19-22,25-26,28H,2-5,7-8,10-13,16,18,31H2,1H3,(H,33,35)/t21-,22-,25?,26?,28-/m0/s1. The summed E-state index contributed by atoms with van der Waals surface area (Å²) >= 11 is 0. The molecule has 36 heavy (non-hydrogen) atoms. The van der Waals surface area contributed by atoms with Gasteiger partial charge in [-0.05, 0) is 80.5 Å². The summed E-state index contributed by atoms with van der Waals surface area (Å²) in [6.45, 7) is 2.85. The topological polar surface area (TPSA) is 88.3 Å². The molecule has 194 valence electrons. The average molecular weight is 491 g/mol.